The molecule has 0 unspecified atom stereocenters. The van der Waals surface area contributed by atoms with Crippen LogP contribution in [-0.2, 0) is 11.2 Å². The van der Waals surface area contributed by atoms with Crippen molar-refractivity contribution in [2.45, 2.75) is 38.7 Å². The molecule has 1 aromatic carbocycles. The van der Waals surface area contributed by atoms with Crippen molar-refractivity contribution in [1.29, 1.82) is 0 Å². The molecular weight excluding hydrogens is 232 g/mol. The Morgan fingerprint density at radius 1 is 1.39 bits per heavy atom. The van der Waals surface area contributed by atoms with E-state index in [-0.39, 0.29) is 5.78 Å². The van der Waals surface area contributed by atoms with Gasteiger partial charge in [0.1, 0.15) is 5.75 Å². The Balaban J connectivity index is 2.35. The highest BCUT2D eigenvalue weighted by Crippen LogP contribution is 2.37. The third-order valence-electron chi connectivity index (χ3n) is 3.45. The number of hydrogen-bond donors (Lipinski definition) is 1. The number of benzene rings is 1. The molecule has 4 heteroatoms. The molecule has 1 aliphatic heterocycles. The van der Waals surface area contributed by atoms with Crippen molar-refractivity contribution in [2.24, 2.45) is 0 Å². The fourth-order valence-electron chi connectivity index (χ4n) is 2.22. The van der Waals surface area contributed by atoms with Crippen LogP contribution < -0.4 is 4.74 Å². The molecule has 0 aromatic heterocycles. The number of carboxylic acid groups (broad SMARTS) is 1. The predicted octanol–water partition coefficient (Wildman–Crippen LogP) is 2.45. The second-order valence-corrected chi connectivity index (χ2v) is 4.53. The van der Waals surface area contributed by atoms with Crippen LogP contribution >= 0.6 is 0 Å². The minimum atomic E-state index is -1.17. The lowest BCUT2D eigenvalue weighted by Crippen LogP contribution is -2.42. The van der Waals surface area contributed by atoms with Crippen LogP contribution in [0.3, 0.4) is 0 Å². The summed E-state index contributed by atoms with van der Waals surface area (Å²) in [5.41, 5.74) is 0.256. The lowest BCUT2D eigenvalue weighted by atomic mass is 9.93. The molecule has 0 bridgehead atoms. The molecule has 1 heterocycles. The summed E-state index contributed by atoms with van der Waals surface area (Å²) in [5.74, 6) is -0.321. The summed E-state index contributed by atoms with van der Waals surface area (Å²) in [5, 5.41) is 9.27. The summed E-state index contributed by atoms with van der Waals surface area (Å²) < 4.78 is 5.56. The average Bonchev–Trinajstić information content (AvgIpc) is 2.76. The van der Waals surface area contributed by atoms with Crippen LogP contribution in [0.5, 0.6) is 5.75 Å². The molecule has 0 spiro atoms. The van der Waals surface area contributed by atoms with E-state index in [1.165, 1.54) is 0 Å². The van der Waals surface area contributed by atoms with E-state index in [1.807, 2.05) is 0 Å². The van der Waals surface area contributed by atoms with E-state index in [1.54, 1.807) is 32.0 Å². The zero-order chi connectivity index (χ0) is 13.3. The van der Waals surface area contributed by atoms with Gasteiger partial charge in [-0.05, 0) is 30.2 Å². The number of hydrogen-bond acceptors (Lipinski definition) is 3. The molecule has 0 fully saturated rings. The van der Waals surface area contributed by atoms with E-state index < -0.39 is 11.6 Å². The van der Waals surface area contributed by atoms with Crippen molar-refractivity contribution in [3.63, 3.8) is 0 Å². The van der Waals surface area contributed by atoms with E-state index in [0.717, 1.165) is 5.56 Å². The van der Waals surface area contributed by atoms with Crippen molar-refractivity contribution in [3.05, 3.63) is 29.3 Å². The minimum absolute atomic E-state index is 0.0575. The number of ketones is 1. The first kappa shape index (κ1) is 12.6. The Bertz CT molecular complexity index is 507. The summed E-state index contributed by atoms with van der Waals surface area (Å²) in [6.07, 6.45) is 1.16. The Kier molecular flexibility index (Phi) is 3.11. The molecule has 0 radical (unpaired) electrons. The number of ether oxygens (including phenoxy) is 1. The van der Waals surface area contributed by atoms with E-state index in [4.69, 9.17) is 4.74 Å². The molecular formula is C14H16O4. The second kappa shape index (κ2) is 4.44. The van der Waals surface area contributed by atoms with Gasteiger partial charge >= 0.3 is 5.97 Å². The molecule has 0 saturated heterocycles. The number of aliphatic carboxylic acids is 1. The van der Waals surface area contributed by atoms with Crippen LogP contribution in [0.25, 0.3) is 0 Å². The normalized spacial score (nSPS) is 21.2. The quantitative estimate of drug-likeness (QED) is 0.831. The van der Waals surface area contributed by atoms with Gasteiger partial charge in [-0.2, -0.15) is 0 Å². The Hall–Kier alpha value is -1.84. The SMILES string of the molecule is CCC(=O)c1ccc2c(c1)C[C@@](CC)(C(=O)O)O2. The maximum absolute atomic E-state index is 11.6. The summed E-state index contributed by atoms with van der Waals surface area (Å²) in [7, 11) is 0. The van der Waals surface area contributed by atoms with Gasteiger partial charge in [-0.15, -0.1) is 0 Å². The van der Waals surface area contributed by atoms with Crippen LogP contribution in [-0.4, -0.2) is 22.5 Å². The Labute approximate surface area is 106 Å². The van der Waals surface area contributed by atoms with Gasteiger partial charge in [-0.1, -0.05) is 13.8 Å². The third kappa shape index (κ3) is 1.88. The largest absolute Gasteiger partial charge is 0.478 e. The highest BCUT2D eigenvalue weighted by atomic mass is 16.5. The monoisotopic (exact) mass is 248 g/mol. The smallest absolute Gasteiger partial charge is 0.348 e. The number of carboxylic acids is 1. The number of carbonyl (C=O) groups is 2. The van der Waals surface area contributed by atoms with Crippen molar-refractivity contribution in [1.82, 2.24) is 0 Å². The fourth-order valence-corrected chi connectivity index (χ4v) is 2.22. The first-order valence-electron chi connectivity index (χ1n) is 6.11. The van der Waals surface area contributed by atoms with Gasteiger partial charge in [0.05, 0.1) is 0 Å². The van der Waals surface area contributed by atoms with Gasteiger partial charge in [-0.3, -0.25) is 4.79 Å². The van der Waals surface area contributed by atoms with Gasteiger partial charge in [0.25, 0.3) is 0 Å². The summed E-state index contributed by atoms with van der Waals surface area (Å²) >= 11 is 0. The standard InChI is InChI=1S/C14H16O4/c1-3-11(15)9-5-6-12-10(7-9)8-14(4-2,18-12)13(16)17/h5-7H,3-4,8H2,1-2H3,(H,16,17)/t14-/m0/s1. The molecule has 2 rings (SSSR count). The van der Waals surface area contributed by atoms with E-state index in [2.05, 4.69) is 0 Å². The highest BCUT2D eigenvalue weighted by molar-refractivity contribution is 5.96. The molecule has 1 aliphatic rings. The van der Waals surface area contributed by atoms with Crippen molar-refractivity contribution >= 4 is 11.8 Å². The van der Waals surface area contributed by atoms with Gasteiger partial charge in [-0.25, -0.2) is 4.79 Å². The topological polar surface area (TPSA) is 63.6 Å². The molecule has 1 atom stereocenters. The Morgan fingerprint density at radius 2 is 2.11 bits per heavy atom. The van der Waals surface area contributed by atoms with Crippen molar-refractivity contribution < 1.29 is 19.4 Å². The van der Waals surface area contributed by atoms with Crippen LogP contribution in [0.1, 0.15) is 42.6 Å². The lowest BCUT2D eigenvalue weighted by molar-refractivity contribution is -0.154. The predicted molar refractivity (Wildman–Crippen MR) is 66.1 cm³/mol. The molecule has 4 nitrogen and oxygen atoms in total. The van der Waals surface area contributed by atoms with E-state index in [0.29, 0.717) is 30.6 Å². The maximum atomic E-state index is 11.6. The number of carbonyl (C=O) groups excluding carboxylic acids is 1. The first-order valence-corrected chi connectivity index (χ1v) is 6.11. The van der Waals surface area contributed by atoms with Gasteiger partial charge in [0.2, 0.25) is 5.60 Å². The average molecular weight is 248 g/mol. The molecule has 1 aromatic rings. The van der Waals surface area contributed by atoms with Gasteiger partial charge < -0.3 is 9.84 Å². The van der Waals surface area contributed by atoms with Crippen LogP contribution in [0.15, 0.2) is 18.2 Å². The minimum Gasteiger partial charge on any atom is -0.478 e. The van der Waals surface area contributed by atoms with E-state index in [9.17, 15) is 14.7 Å². The van der Waals surface area contributed by atoms with E-state index >= 15 is 0 Å². The second-order valence-electron chi connectivity index (χ2n) is 4.53. The number of fused-ring (bicyclic) bond motifs is 1. The first-order chi connectivity index (χ1) is 8.52. The molecule has 0 aliphatic carbocycles. The molecule has 96 valence electrons. The third-order valence-corrected chi connectivity index (χ3v) is 3.45. The van der Waals surface area contributed by atoms with Crippen LogP contribution in [0.4, 0.5) is 0 Å². The highest BCUT2D eigenvalue weighted by Gasteiger charge is 2.45. The van der Waals surface area contributed by atoms with Gasteiger partial charge in [0, 0.05) is 18.4 Å². The van der Waals surface area contributed by atoms with Crippen molar-refractivity contribution in [2.75, 3.05) is 0 Å². The zero-order valence-corrected chi connectivity index (χ0v) is 10.5. The summed E-state index contributed by atoms with van der Waals surface area (Å²) in [4.78, 5) is 22.9. The van der Waals surface area contributed by atoms with Crippen LogP contribution in [0, 0.1) is 0 Å². The van der Waals surface area contributed by atoms with Crippen LogP contribution in [0.2, 0.25) is 0 Å². The zero-order valence-electron chi connectivity index (χ0n) is 10.5. The lowest BCUT2D eigenvalue weighted by Gasteiger charge is -2.21. The molecule has 1 N–H and O–H groups in total. The molecule has 18 heavy (non-hydrogen) atoms. The summed E-state index contributed by atoms with van der Waals surface area (Å²) in [6, 6.07) is 5.14. The number of Topliss-reactive ketones (excluding diaryl/α,β-unsaturated/α-hetero) is 1. The van der Waals surface area contributed by atoms with Gasteiger partial charge in [0.15, 0.2) is 5.78 Å². The maximum Gasteiger partial charge on any atom is 0.348 e. The van der Waals surface area contributed by atoms with Crippen molar-refractivity contribution in [3.8, 4) is 5.75 Å². The molecule has 0 amide bonds. The fraction of sp³-hybridized carbons (Fsp3) is 0.429. The Morgan fingerprint density at radius 3 is 2.67 bits per heavy atom. The number of rotatable bonds is 4. The molecule has 0 saturated carbocycles. The summed E-state index contributed by atoms with van der Waals surface area (Å²) in [6.45, 7) is 3.59.